The van der Waals surface area contributed by atoms with E-state index in [2.05, 4.69) is 10.4 Å². The molecule has 0 spiro atoms. The maximum Gasteiger partial charge on any atom is 0.419 e. The van der Waals surface area contributed by atoms with Crippen molar-refractivity contribution in [3.05, 3.63) is 101 Å². The maximum atomic E-state index is 12.9. The van der Waals surface area contributed by atoms with Crippen LogP contribution in [-0.4, -0.2) is 20.3 Å². The highest BCUT2D eigenvalue weighted by atomic mass is 16.4. The van der Waals surface area contributed by atoms with E-state index in [-0.39, 0.29) is 5.91 Å². The molecule has 0 aliphatic heterocycles. The Morgan fingerprint density at radius 1 is 0.968 bits per heavy atom. The summed E-state index contributed by atoms with van der Waals surface area (Å²) in [5, 5.41) is 7.32. The number of oxazole rings is 1. The summed E-state index contributed by atoms with van der Waals surface area (Å²) < 4.78 is 8.34. The van der Waals surface area contributed by atoms with Crippen LogP contribution in [0.1, 0.15) is 10.4 Å². The van der Waals surface area contributed by atoms with Crippen LogP contribution in [0.3, 0.4) is 0 Å². The minimum atomic E-state index is -0.445. The Balaban J connectivity index is 1.45. The lowest BCUT2D eigenvalue weighted by Crippen LogP contribution is -2.13. The zero-order valence-electron chi connectivity index (χ0n) is 16.6. The number of nitrogens with one attached hydrogen (secondary N) is 1. The second-order valence-electron chi connectivity index (χ2n) is 7.11. The quantitative estimate of drug-likeness (QED) is 0.481. The largest absolute Gasteiger partial charge is 0.419 e. The van der Waals surface area contributed by atoms with Crippen LogP contribution in [0, 0.1) is 0 Å². The van der Waals surface area contributed by atoms with Crippen LogP contribution in [0.5, 0.6) is 0 Å². The van der Waals surface area contributed by atoms with Crippen LogP contribution in [0.15, 0.2) is 94.3 Å². The number of rotatable bonds is 4. The van der Waals surface area contributed by atoms with Crippen molar-refractivity contribution in [3.63, 3.8) is 0 Å². The van der Waals surface area contributed by atoms with Crippen LogP contribution in [-0.2, 0) is 7.05 Å². The first-order valence-electron chi connectivity index (χ1n) is 9.71. The Hall–Kier alpha value is -4.39. The lowest BCUT2D eigenvalue weighted by molar-refractivity contribution is 0.102. The van der Waals surface area contributed by atoms with Crippen LogP contribution in [0.4, 0.5) is 5.69 Å². The van der Waals surface area contributed by atoms with E-state index in [4.69, 9.17) is 4.42 Å². The molecular formula is C24H18N4O3. The van der Waals surface area contributed by atoms with Crippen molar-refractivity contribution in [1.82, 2.24) is 14.3 Å². The fourth-order valence-electron chi connectivity index (χ4n) is 3.52. The molecule has 0 bridgehead atoms. The summed E-state index contributed by atoms with van der Waals surface area (Å²) >= 11 is 0. The lowest BCUT2D eigenvalue weighted by atomic mass is 10.1. The van der Waals surface area contributed by atoms with Gasteiger partial charge >= 0.3 is 5.76 Å². The molecule has 5 rings (SSSR count). The number of anilines is 1. The first-order chi connectivity index (χ1) is 15.1. The second-order valence-corrected chi connectivity index (χ2v) is 7.11. The summed E-state index contributed by atoms with van der Waals surface area (Å²) in [6.07, 6.45) is 1.74. The van der Waals surface area contributed by atoms with Gasteiger partial charge in [-0.15, -0.1) is 0 Å². The Morgan fingerprint density at radius 2 is 1.81 bits per heavy atom. The minimum Gasteiger partial charge on any atom is -0.408 e. The van der Waals surface area contributed by atoms with E-state index in [1.54, 1.807) is 48.3 Å². The normalized spacial score (nSPS) is 11.0. The molecule has 5 aromatic rings. The second kappa shape index (κ2) is 7.46. The van der Waals surface area contributed by atoms with Crippen molar-refractivity contribution in [3.8, 4) is 16.9 Å². The van der Waals surface area contributed by atoms with Gasteiger partial charge in [0.1, 0.15) is 0 Å². The molecule has 2 heterocycles. The van der Waals surface area contributed by atoms with E-state index in [0.29, 0.717) is 22.4 Å². The lowest BCUT2D eigenvalue weighted by Gasteiger charge is -2.10. The van der Waals surface area contributed by atoms with E-state index in [9.17, 15) is 9.59 Å². The summed E-state index contributed by atoms with van der Waals surface area (Å²) in [5.41, 5.74) is 4.90. The molecule has 152 valence electrons. The van der Waals surface area contributed by atoms with E-state index in [1.165, 1.54) is 4.57 Å². The van der Waals surface area contributed by atoms with Gasteiger partial charge in [-0.2, -0.15) is 5.10 Å². The third kappa shape index (κ3) is 3.42. The third-order valence-corrected chi connectivity index (χ3v) is 5.11. The Kier molecular flexibility index (Phi) is 4.48. The van der Waals surface area contributed by atoms with E-state index >= 15 is 0 Å². The first kappa shape index (κ1) is 18.6. The monoisotopic (exact) mass is 410 g/mol. The van der Waals surface area contributed by atoms with E-state index in [1.807, 2.05) is 48.5 Å². The highest BCUT2D eigenvalue weighted by molar-refractivity contribution is 6.05. The van der Waals surface area contributed by atoms with Crippen LogP contribution >= 0.6 is 0 Å². The maximum absolute atomic E-state index is 12.9. The number of hydrogen-bond acceptors (Lipinski definition) is 4. The minimum absolute atomic E-state index is 0.261. The van der Waals surface area contributed by atoms with Crippen LogP contribution < -0.4 is 11.1 Å². The van der Waals surface area contributed by atoms with Gasteiger partial charge in [0, 0.05) is 23.9 Å². The standard InChI is InChI=1S/C24H18N4O3/c1-27-21-15-18(10-11-22(21)31-24(27)30)26-23(29)17-8-5-9-19(14-17)28-20(12-13-25-28)16-6-3-2-4-7-16/h2-15H,1H3,(H,26,29). The SMILES string of the molecule is Cn1c(=O)oc2ccc(NC(=O)c3cccc(-n4nccc4-c4ccccc4)c3)cc21. The van der Waals surface area contributed by atoms with Crippen molar-refractivity contribution < 1.29 is 9.21 Å². The van der Waals surface area contributed by atoms with Crippen molar-refractivity contribution in [1.29, 1.82) is 0 Å². The Morgan fingerprint density at radius 3 is 2.65 bits per heavy atom. The van der Waals surface area contributed by atoms with Gasteiger partial charge in [-0.1, -0.05) is 36.4 Å². The van der Waals surface area contributed by atoms with E-state index in [0.717, 1.165) is 16.9 Å². The molecule has 2 aromatic heterocycles. The number of fused-ring (bicyclic) bond motifs is 1. The van der Waals surface area contributed by atoms with Gasteiger partial charge in [-0.05, 0) is 42.5 Å². The van der Waals surface area contributed by atoms with Gasteiger partial charge in [0.2, 0.25) is 0 Å². The average molecular weight is 410 g/mol. The van der Waals surface area contributed by atoms with Gasteiger partial charge in [0.05, 0.1) is 23.1 Å². The third-order valence-electron chi connectivity index (χ3n) is 5.11. The molecule has 1 N–H and O–H groups in total. The van der Waals surface area contributed by atoms with E-state index < -0.39 is 5.76 Å². The molecule has 7 nitrogen and oxygen atoms in total. The van der Waals surface area contributed by atoms with Crippen molar-refractivity contribution in [2.75, 3.05) is 5.32 Å². The Bertz CT molecular complexity index is 1460. The fourth-order valence-corrected chi connectivity index (χ4v) is 3.52. The highest BCUT2D eigenvalue weighted by Crippen LogP contribution is 2.23. The number of benzene rings is 3. The number of nitrogens with zero attached hydrogens (tertiary/aromatic N) is 3. The molecule has 31 heavy (non-hydrogen) atoms. The van der Waals surface area contributed by atoms with Gasteiger partial charge in [-0.25, -0.2) is 9.48 Å². The molecule has 3 aromatic carbocycles. The number of aryl methyl sites for hydroxylation is 1. The smallest absolute Gasteiger partial charge is 0.408 e. The fraction of sp³-hybridized carbons (Fsp3) is 0.0417. The molecular weight excluding hydrogens is 392 g/mol. The number of hydrogen-bond donors (Lipinski definition) is 1. The first-order valence-corrected chi connectivity index (χ1v) is 9.71. The molecule has 0 radical (unpaired) electrons. The number of aromatic nitrogens is 3. The number of carbonyl (C=O) groups is 1. The number of carbonyl (C=O) groups excluding carboxylic acids is 1. The summed E-state index contributed by atoms with van der Waals surface area (Å²) in [6.45, 7) is 0. The molecule has 0 atom stereocenters. The molecule has 0 saturated heterocycles. The molecule has 7 heteroatoms. The Labute approximate surface area is 177 Å². The van der Waals surface area contributed by atoms with Gasteiger partial charge in [0.25, 0.3) is 5.91 Å². The van der Waals surface area contributed by atoms with Crippen molar-refractivity contribution >= 4 is 22.7 Å². The number of amides is 1. The summed E-state index contributed by atoms with van der Waals surface area (Å²) in [4.78, 5) is 24.6. The van der Waals surface area contributed by atoms with Crippen LogP contribution in [0.2, 0.25) is 0 Å². The molecule has 0 aliphatic carbocycles. The zero-order valence-corrected chi connectivity index (χ0v) is 16.6. The topological polar surface area (TPSA) is 82.1 Å². The predicted octanol–water partition coefficient (Wildman–Crippen LogP) is 4.24. The van der Waals surface area contributed by atoms with Gasteiger partial charge < -0.3 is 9.73 Å². The van der Waals surface area contributed by atoms with Gasteiger partial charge in [-0.3, -0.25) is 9.36 Å². The molecule has 0 unspecified atom stereocenters. The summed E-state index contributed by atoms with van der Waals surface area (Å²) in [6, 6.07) is 24.2. The van der Waals surface area contributed by atoms with Crippen LogP contribution in [0.25, 0.3) is 28.0 Å². The summed E-state index contributed by atoms with van der Waals surface area (Å²) in [7, 11) is 1.62. The van der Waals surface area contributed by atoms with Crippen molar-refractivity contribution in [2.45, 2.75) is 0 Å². The molecule has 1 amide bonds. The molecule has 0 aliphatic rings. The molecule has 0 saturated carbocycles. The summed E-state index contributed by atoms with van der Waals surface area (Å²) in [5.74, 6) is -0.706. The highest BCUT2D eigenvalue weighted by Gasteiger charge is 2.12. The molecule has 0 fully saturated rings. The van der Waals surface area contributed by atoms with Gasteiger partial charge in [0.15, 0.2) is 5.58 Å². The predicted molar refractivity (Wildman–Crippen MR) is 118 cm³/mol. The average Bonchev–Trinajstić information content (AvgIpc) is 3.40. The van der Waals surface area contributed by atoms with Crippen molar-refractivity contribution in [2.24, 2.45) is 7.05 Å². The zero-order chi connectivity index (χ0) is 21.4.